The Hall–Kier alpha value is -1.92. The molecule has 0 radical (unpaired) electrons. The minimum absolute atomic E-state index is 0.0861. The molecule has 1 saturated heterocycles. The van der Waals surface area contributed by atoms with E-state index in [1.807, 2.05) is 17.2 Å². The number of hydrogen-bond acceptors (Lipinski definition) is 4. The van der Waals surface area contributed by atoms with Crippen molar-refractivity contribution >= 4 is 40.4 Å². The lowest BCUT2D eigenvalue weighted by Gasteiger charge is -2.39. The number of halogens is 1. The molecule has 0 spiro atoms. The number of benzene rings is 1. The molecule has 1 aromatic heterocycles. The van der Waals surface area contributed by atoms with Crippen LogP contribution in [0.25, 0.3) is 0 Å². The van der Waals surface area contributed by atoms with Gasteiger partial charge in [-0.05, 0) is 58.2 Å². The van der Waals surface area contributed by atoms with Crippen molar-refractivity contribution < 1.29 is 9.59 Å². The maximum absolute atomic E-state index is 13.2. The number of thiazole rings is 1. The number of nitrogens with one attached hydrogen (secondary N) is 1. The standard InChI is InChI=1S/C20H24ClN3O2S/c1-12-5-4-6-13(2)24(12)20(26)17-9-15(21)7-8-18(17)23-19(25)10-16-11-27-14(3)22-16/h7-9,11-13H,4-6,10H2,1-3H3,(H,23,25). The van der Waals surface area contributed by atoms with E-state index in [0.717, 1.165) is 30.0 Å². The van der Waals surface area contributed by atoms with Gasteiger partial charge in [0.25, 0.3) is 5.91 Å². The molecule has 1 aromatic carbocycles. The van der Waals surface area contributed by atoms with Crippen LogP contribution in [0, 0.1) is 6.92 Å². The third-order valence-corrected chi connectivity index (χ3v) is 5.98. The minimum atomic E-state index is -0.198. The number of carbonyl (C=O) groups is 2. The predicted molar refractivity (Wildman–Crippen MR) is 110 cm³/mol. The van der Waals surface area contributed by atoms with Gasteiger partial charge in [0.2, 0.25) is 5.91 Å². The van der Waals surface area contributed by atoms with E-state index >= 15 is 0 Å². The molecule has 144 valence electrons. The maximum atomic E-state index is 13.2. The maximum Gasteiger partial charge on any atom is 0.256 e. The third kappa shape index (κ3) is 4.68. The highest BCUT2D eigenvalue weighted by Crippen LogP contribution is 2.29. The van der Waals surface area contributed by atoms with Crippen molar-refractivity contribution in [1.29, 1.82) is 0 Å². The molecule has 0 aliphatic carbocycles. The summed E-state index contributed by atoms with van der Waals surface area (Å²) in [6.45, 7) is 6.05. The number of aryl methyl sites for hydroxylation is 1. The molecule has 1 aliphatic rings. The first kappa shape index (κ1) is 19.8. The zero-order valence-corrected chi connectivity index (χ0v) is 17.4. The summed E-state index contributed by atoms with van der Waals surface area (Å²) in [6.07, 6.45) is 3.28. The second-order valence-electron chi connectivity index (χ2n) is 7.11. The van der Waals surface area contributed by atoms with Crippen LogP contribution in [0.2, 0.25) is 5.02 Å². The Morgan fingerprint density at radius 2 is 2.00 bits per heavy atom. The Morgan fingerprint density at radius 3 is 2.63 bits per heavy atom. The monoisotopic (exact) mass is 405 g/mol. The van der Waals surface area contributed by atoms with Crippen LogP contribution in [0.5, 0.6) is 0 Å². The topological polar surface area (TPSA) is 62.3 Å². The second-order valence-corrected chi connectivity index (χ2v) is 8.61. The van der Waals surface area contributed by atoms with E-state index < -0.39 is 0 Å². The lowest BCUT2D eigenvalue weighted by atomic mass is 9.96. The number of hydrogen-bond donors (Lipinski definition) is 1. The van der Waals surface area contributed by atoms with Crippen LogP contribution in [0.4, 0.5) is 5.69 Å². The van der Waals surface area contributed by atoms with Crippen molar-refractivity contribution in [2.75, 3.05) is 5.32 Å². The molecule has 27 heavy (non-hydrogen) atoms. The van der Waals surface area contributed by atoms with Crippen molar-refractivity contribution in [1.82, 2.24) is 9.88 Å². The Morgan fingerprint density at radius 1 is 1.30 bits per heavy atom. The van der Waals surface area contributed by atoms with E-state index in [1.54, 1.807) is 18.2 Å². The number of amides is 2. The van der Waals surface area contributed by atoms with Gasteiger partial charge < -0.3 is 10.2 Å². The molecule has 2 unspecified atom stereocenters. The molecule has 1 aliphatic heterocycles. The molecule has 1 N–H and O–H groups in total. The van der Waals surface area contributed by atoms with Crippen LogP contribution in [-0.2, 0) is 11.2 Å². The highest BCUT2D eigenvalue weighted by atomic mass is 35.5. The highest BCUT2D eigenvalue weighted by molar-refractivity contribution is 7.09. The molecule has 1 fully saturated rings. The van der Waals surface area contributed by atoms with Crippen molar-refractivity contribution in [2.24, 2.45) is 0 Å². The quantitative estimate of drug-likeness (QED) is 0.802. The third-order valence-electron chi connectivity index (χ3n) is 4.92. The molecule has 0 bridgehead atoms. The van der Waals surface area contributed by atoms with E-state index in [0.29, 0.717) is 16.3 Å². The molecule has 2 amide bonds. The molecule has 5 nitrogen and oxygen atoms in total. The number of anilines is 1. The van der Waals surface area contributed by atoms with E-state index in [1.165, 1.54) is 11.3 Å². The first-order valence-corrected chi connectivity index (χ1v) is 10.4. The Kier molecular flexibility index (Phi) is 6.17. The average Bonchev–Trinajstić information content (AvgIpc) is 3.00. The highest BCUT2D eigenvalue weighted by Gasteiger charge is 2.31. The van der Waals surface area contributed by atoms with Gasteiger partial charge in [-0.15, -0.1) is 11.3 Å². The number of nitrogens with zero attached hydrogens (tertiary/aromatic N) is 2. The first-order valence-electron chi connectivity index (χ1n) is 9.18. The number of carbonyl (C=O) groups excluding carboxylic acids is 2. The van der Waals surface area contributed by atoms with Crippen LogP contribution in [0.1, 0.15) is 54.2 Å². The molecule has 7 heteroatoms. The summed E-state index contributed by atoms with van der Waals surface area (Å²) in [4.78, 5) is 31.9. The lowest BCUT2D eigenvalue weighted by Crippen LogP contribution is -2.47. The van der Waals surface area contributed by atoms with Crippen LogP contribution in [0.15, 0.2) is 23.6 Å². The number of rotatable bonds is 4. The molecular weight excluding hydrogens is 382 g/mol. The number of likely N-dealkylation sites (tertiary alicyclic amines) is 1. The Bertz CT molecular complexity index is 842. The Labute approximate surface area is 168 Å². The van der Waals surface area contributed by atoms with E-state index in [4.69, 9.17) is 11.6 Å². The fourth-order valence-electron chi connectivity index (χ4n) is 3.61. The van der Waals surface area contributed by atoms with Crippen LogP contribution >= 0.6 is 22.9 Å². The fourth-order valence-corrected chi connectivity index (χ4v) is 4.40. The summed E-state index contributed by atoms with van der Waals surface area (Å²) in [6, 6.07) is 5.35. The Balaban J connectivity index is 1.82. The normalized spacial score (nSPS) is 19.8. The van der Waals surface area contributed by atoms with Gasteiger partial charge in [0.15, 0.2) is 0 Å². The first-order chi connectivity index (χ1) is 12.8. The summed E-state index contributed by atoms with van der Waals surface area (Å²) in [7, 11) is 0. The largest absolute Gasteiger partial charge is 0.333 e. The summed E-state index contributed by atoms with van der Waals surface area (Å²) < 4.78 is 0. The van der Waals surface area contributed by atoms with Gasteiger partial charge in [0.1, 0.15) is 0 Å². The molecular formula is C20H24ClN3O2S. The van der Waals surface area contributed by atoms with Gasteiger partial charge in [-0.3, -0.25) is 9.59 Å². The van der Waals surface area contributed by atoms with Crippen LogP contribution in [0.3, 0.4) is 0 Å². The van der Waals surface area contributed by atoms with Crippen LogP contribution in [-0.4, -0.2) is 33.8 Å². The summed E-state index contributed by atoms with van der Waals surface area (Å²) >= 11 is 7.66. The van der Waals surface area contributed by atoms with Gasteiger partial charge in [-0.2, -0.15) is 0 Å². The number of piperidine rings is 1. The van der Waals surface area contributed by atoms with E-state index in [2.05, 4.69) is 24.1 Å². The minimum Gasteiger partial charge on any atom is -0.333 e. The van der Waals surface area contributed by atoms with Crippen LogP contribution < -0.4 is 5.32 Å². The lowest BCUT2D eigenvalue weighted by molar-refractivity contribution is -0.115. The summed E-state index contributed by atoms with van der Waals surface area (Å²) in [5.74, 6) is -0.284. The van der Waals surface area contributed by atoms with Crippen molar-refractivity contribution in [3.63, 3.8) is 0 Å². The van der Waals surface area contributed by atoms with Gasteiger partial charge in [-0.25, -0.2) is 4.98 Å². The van der Waals surface area contributed by atoms with Crippen molar-refractivity contribution in [2.45, 2.75) is 58.5 Å². The van der Waals surface area contributed by atoms with Crippen molar-refractivity contribution in [3.05, 3.63) is 44.9 Å². The van der Waals surface area contributed by atoms with Gasteiger partial charge in [-0.1, -0.05) is 11.6 Å². The van der Waals surface area contributed by atoms with E-state index in [9.17, 15) is 9.59 Å². The molecule has 2 atom stereocenters. The molecule has 0 saturated carbocycles. The predicted octanol–water partition coefficient (Wildman–Crippen LogP) is 4.69. The zero-order valence-electron chi connectivity index (χ0n) is 15.8. The number of aromatic nitrogens is 1. The smallest absolute Gasteiger partial charge is 0.256 e. The van der Waals surface area contributed by atoms with E-state index in [-0.39, 0.29) is 30.3 Å². The second kappa shape index (κ2) is 8.40. The fraction of sp³-hybridized carbons (Fsp3) is 0.450. The molecule has 2 heterocycles. The van der Waals surface area contributed by atoms with Crippen molar-refractivity contribution in [3.8, 4) is 0 Å². The average molecular weight is 406 g/mol. The van der Waals surface area contributed by atoms with Gasteiger partial charge >= 0.3 is 0 Å². The molecule has 2 aromatic rings. The molecule has 3 rings (SSSR count). The van der Waals surface area contributed by atoms with Gasteiger partial charge in [0, 0.05) is 22.5 Å². The SMILES string of the molecule is Cc1nc(CC(=O)Nc2ccc(Cl)cc2C(=O)N2C(C)CCCC2C)cs1. The zero-order chi connectivity index (χ0) is 19.6. The summed E-state index contributed by atoms with van der Waals surface area (Å²) in [5.41, 5.74) is 1.66. The summed E-state index contributed by atoms with van der Waals surface area (Å²) in [5, 5.41) is 6.14. The van der Waals surface area contributed by atoms with Gasteiger partial charge in [0.05, 0.1) is 28.4 Å².